The van der Waals surface area contributed by atoms with Crippen LogP contribution in [0.1, 0.15) is 44.9 Å². The zero-order valence-electron chi connectivity index (χ0n) is 19.0. The van der Waals surface area contributed by atoms with Crippen LogP contribution in [-0.2, 0) is 17.6 Å². The molecule has 0 atom stereocenters. The highest BCUT2D eigenvalue weighted by atomic mass is 16.5. The molecule has 4 rings (SSSR count). The third-order valence-corrected chi connectivity index (χ3v) is 5.57. The fourth-order valence-corrected chi connectivity index (χ4v) is 4.20. The van der Waals surface area contributed by atoms with Crippen molar-refractivity contribution in [2.45, 2.75) is 46.5 Å². The van der Waals surface area contributed by atoms with Gasteiger partial charge in [0.1, 0.15) is 17.3 Å². The van der Waals surface area contributed by atoms with Crippen molar-refractivity contribution in [2.24, 2.45) is 5.41 Å². The standard InChI is InChI=1S/C25H30N4O2/c1-25(2,3)13-18(30)15-29(4)24-20-7-6-8-21(20)27-23(28-24)22-12-16-9-10-19(31-5)11-17(16)14-26-22/h9-12,14H,6-8,13,15H2,1-5H3. The predicted molar refractivity (Wildman–Crippen MR) is 124 cm³/mol. The average Bonchev–Trinajstić information content (AvgIpc) is 3.19. The maximum atomic E-state index is 12.6. The Balaban J connectivity index is 1.68. The number of ketones is 1. The van der Waals surface area contributed by atoms with Crippen LogP contribution in [0.3, 0.4) is 0 Å². The molecule has 0 bridgehead atoms. The van der Waals surface area contributed by atoms with Crippen molar-refractivity contribution >= 4 is 22.4 Å². The van der Waals surface area contributed by atoms with Crippen molar-refractivity contribution in [3.8, 4) is 17.3 Å². The minimum absolute atomic E-state index is 0.0194. The number of carbonyl (C=O) groups is 1. The Labute approximate surface area is 183 Å². The monoisotopic (exact) mass is 418 g/mol. The molecule has 1 aliphatic carbocycles. The molecule has 162 valence electrons. The summed E-state index contributed by atoms with van der Waals surface area (Å²) in [5, 5.41) is 2.07. The van der Waals surface area contributed by atoms with E-state index < -0.39 is 0 Å². The second-order valence-corrected chi connectivity index (χ2v) is 9.56. The first-order valence-corrected chi connectivity index (χ1v) is 10.8. The molecule has 0 saturated carbocycles. The van der Waals surface area contributed by atoms with Crippen molar-refractivity contribution in [1.29, 1.82) is 0 Å². The molecule has 6 heteroatoms. The highest BCUT2D eigenvalue weighted by molar-refractivity contribution is 5.86. The van der Waals surface area contributed by atoms with Crippen molar-refractivity contribution in [3.05, 3.63) is 41.7 Å². The fraction of sp³-hybridized carbons (Fsp3) is 0.440. The Hall–Kier alpha value is -3.02. The molecule has 1 aromatic carbocycles. The number of nitrogens with zero attached hydrogens (tertiary/aromatic N) is 4. The minimum Gasteiger partial charge on any atom is -0.497 e. The number of Topliss-reactive ketones (excluding diaryl/α,β-unsaturated/α-hetero) is 1. The van der Waals surface area contributed by atoms with Crippen LogP contribution in [0, 0.1) is 5.41 Å². The first-order valence-electron chi connectivity index (χ1n) is 10.8. The molecular weight excluding hydrogens is 388 g/mol. The van der Waals surface area contributed by atoms with E-state index in [1.54, 1.807) is 7.11 Å². The third-order valence-electron chi connectivity index (χ3n) is 5.57. The number of pyridine rings is 1. The van der Waals surface area contributed by atoms with Gasteiger partial charge in [-0.15, -0.1) is 0 Å². The summed E-state index contributed by atoms with van der Waals surface area (Å²) in [7, 11) is 3.61. The molecule has 0 fully saturated rings. The van der Waals surface area contributed by atoms with Crippen LogP contribution < -0.4 is 9.64 Å². The van der Waals surface area contributed by atoms with Gasteiger partial charge in [0.15, 0.2) is 11.6 Å². The Kier molecular flexibility index (Phi) is 5.65. The maximum Gasteiger partial charge on any atom is 0.180 e. The molecule has 2 aromatic heterocycles. The number of benzene rings is 1. The number of aryl methyl sites for hydroxylation is 1. The summed E-state index contributed by atoms with van der Waals surface area (Å²) >= 11 is 0. The molecule has 0 radical (unpaired) electrons. The van der Waals surface area contributed by atoms with Crippen LogP contribution in [-0.4, -0.2) is 41.4 Å². The summed E-state index contributed by atoms with van der Waals surface area (Å²) in [6.07, 6.45) is 5.34. The van der Waals surface area contributed by atoms with Gasteiger partial charge in [-0.1, -0.05) is 26.8 Å². The van der Waals surface area contributed by atoms with Crippen molar-refractivity contribution in [1.82, 2.24) is 15.0 Å². The molecule has 31 heavy (non-hydrogen) atoms. The summed E-state index contributed by atoms with van der Waals surface area (Å²) in [6.45, 7) is 6.62. The minimum atomic E-state index is -0.0194. The fourth-order valence-electron chi connectivity index (χ4n) is 4.20. The number of aromatic nitrogens is 3. The first-order chi connectivity index (χ1) is 14.7. The number of hydrogen-bond acceptors (Lipinski definition) is 6. The van der Waals surface area contributed by atoms with E-state index in [2.05, 4.69) is 25.8 Å². The van der Waals surface area contributed by atoms with Gasteiger partial charge < -0.3 is 9.64 Å². The molecule has 6 nitrogen and oxygen atoms in total. The van der Waals surface area contributed by atoms with Crippen LogP contribution in [0.2, 0.25) is 0 Å². The lowest BCUT2D eigenvalue weighted by Gasteiger charge is -2.23. The number of ether oxygens (including phenoxy) is 1. The van der Waals surface area contributed by atoms with Crippen LogP contribution in [0.4, 0.5) is 5.82 Å². The number of methoxy groups -OCH3 is 1. The van der Waals surface area contributed by atoms with Gasteiger partial charge in [0.2, 0.25) is 0 Å². The zero-order chi connectivity index (χ0) is 22.2. The maximum absolute atomic E-state index is 12.6. The molecule has 0 aliphatic heterocycles. The molecule has 2 heterocycles. The summed E-state index contributed by atoms with van der Waals surface area (Å²) in [6, 6.07) is 7.94. The van der Waals surface area contributed by atoms with E-state index in [1.807, 2.05) is 42.4 Å². The van der Waals surface area contributed by atoms with Crippen LogP contribution in [0.25, 0.3) is 22.3 Å². The van der Waals surface area contributed by atoms with Gasteiger partial charge >= 0.3 is 0 Å². The zero-order valence-corrected chi connectivity index (χ0v) is 19.0. The Bertz CT molecular complexity index is 1130. The quantitative estimate of drug-likeness (QED) is 0.581. The second-order valence-electron chi connectivity index (χ2n) is 9.56. The van der Waals surface area contributed by atoms with Gasteiger partial charge in [0, 0.05) is 36.3 Å². The molecule has 0 N–H and O–H groups in total. The summed E-state index contributed by atoms with van der Waals surface area (Å²) in [4.78, 5) is 28.9. The molecule has 0 spiro atoms. The summed E-state index contributed by atoms with van der Waals surface area (Å²) in [5.74, 6) is 2.50. The van der Waals surface area contributed by atoms with Gasteiger partial charge in [-0.3, -0.25) is 9.78 Å². The lowest BCUT2D eigenvalue weighted by atomic mass is 9.90. The lowest BCUT2D eigenvalue weighted by molar-refractivity contribution is -0.119. The molecule has 0 saturated heterocycles. The number of carbonyl (C=O) groups excluding carboxylic acids is 1. The average molecular weight is 419 g/mol. The van der Waals surface area contributed by atoms with Crippen molar-refractivity contribution in [2.75, 3.05) is 25.6 Å². The van der Waals surface area contributed by atoms with Crippen LogP contribution >= 0.6 is 0 Å². The Morgan fingerprint density at radius 3 is 2.68 bits per heavy atom. The van der Waals surface area contributed by atoms with E-state index in [1.165, 1.54) is 5.56 Å². The normalized spacial score (nSPS) is 13.3. The molecule has 1 aliphatic rings. The first kappa shape index (κ1) is 21.2. The highest BCUT2D eigenvalue weighted by Gasteiger charge is 2.24. The highest BCUT2D eigenvalue weighted by Crippen LogP contribution is 2.32. The number of rotatable bonds is 6. The number of anilines is 1. The van der Waals surface area contributed by atoms with Crippen LogP contribution in [0.15, 0.2) is 30.5 Å². The number of hydrogen-bond donors (Lipinski definition) is 0. The Morgan fingerprint density at radius 2 is 1.94 bits per heavy atom. The Morgan fingerprint density at radius 1 is 1.13 bits per heavy atom. The number of likely N-dealkylation sites (N-methyl/N-ethyl adjacent to an activating group) is 1. The van der Waals surface area contributed by atoms with E-state index in [0.29, 0.717) is 18.8 Å². The SMILES string of the molecule is COc1ccc2cc(-c3nc4c(c(N(C)CC(=O)CC(C)(C)C)n3)CCC4)ncc2c1. The van der Waals surface area contributed by atoms with Gasteiger partial charge in [-0.25, -0.2) is 9.97 Å². The molecule has 3 aromatic rings. The topological polar surface area (TPSA) is 68.2 Å². The van der Waals surface area contributed by atoms with E-state index >= 15 is 0 Å². The smallest absolute Gasteiger partial charge is 0.180 e. The lowest BCUT2D eigenvalue weighted by Crippen LogP contribution is -2.30. The van der Waals surface area contributed by atoms with Gasteiger partial charge in [0.05, 0.1) is 13.7 Å². The van der Waals surface area contributed by atoms with E-state index in [-0.39, 0.29) is 11.2 Å². The molecule has 0 unspecified atom stereocenters. The van der Waals surface area contributed by atoms with Crippen molar-refractivity contribution < 1.29 is 9.53 Å². The summed E-state index contributed by atoms with van der Waals surface area (Å²) < 4.78 is 5.31. The van der Waals surface area contributed by atoms with E-state index in [0.717, 1.165) is 53.0 Å². The molecular formula is C25H30N4O2. The van der Waals surface area contributed by atoms with E-state index in [9.17, 15) is 4.79 Å². The third kappa shape index (κ3) is 4.68. The van der Waals surface area contributed by atoms with Crippen molar-refractivity contribution in [3.63, 3.8) is 0 Å². The van der Waals surface area contributed by atoms with E-state index in [4.69, 9.17) is 14.7 Å². The summed E-state index contributed by atoms with van der Waals surface area (Å²) in [5.41, 5.74) is 2.96. The molecule has 0 amide bonds. The number of fused-ring (bicyclic) bond motifs is 2. The van der Waals surface area contributed by atoms with Gasteiger partial charge in [-0.05, 0) is 48.3 Å². The van der Waals surface area contributed by atoms with Crippen LogP contribution in [0.5, 0.6) is 5.75 Å². The van der Waals surface area contributed by atoms with Gasteiger partial charge in [-0.2, -0.15) is 0 Å². The van der Waals surface area contributed by atoms with Gasteiger partial charge in [0.25, 0.3) is 0 Å². The largest absolute Gasteiger partial charge is 0.497 e. The second kappa shape index (κ2) is 8.25. The predicted octanol–water partition coefficient (Wildman–Crippen LogP) is 4.63.